The highest BCUT2D eigenvalue weighted by Crippen LogP contribution is 2.13. The molecule has 0 saturated heterocycles. The minimum atomic E-state index is -0.413. The third-order valence-electron chi connectivity index (χ3n) is 1.29. The molecule has 66 valence electrons. The maximum atomic E-state index is 11.0. The van der Waals surface area contributed by atoms with Crippen molar-refractivity contribution in [2.45, 2.75) is 19.8 Å². The lowest BCUT2D eigenvalue weighted by atomic mass is 10.3. The third-order valence-corrected chi connectivity index (χ3v) is 2.26. The molecule has 0 unspecified atom stereocenters. The topological polar surface area (TPSA) is 43.1 Å². The van der Waals surface area contributed by atoms with Crippen LogP contribution < -0.4 is 5.63 Å². The first kappa shape index (κ1) is 9.98. The number of aromatic nitrogens is 1. The van der Waals surface area contributed by atoms with Crippen LogP contribution in [0.25, 0.3) is 0 Å². The summed E-state index contributed by atoms with van der Waals surface area (Å²) in [5, 5.41) is 0.292. The first-order chi connectivity index (χ1) is 5.65. The van der Waals surface area contributed by atoms with E-state index >= 15 is 0 Å². The summed E-state index contributed by atoms with van der Waals surface area (Å²) in [6, 6.07) is 0. The van der Waals surface area contributed by atoms with Crippen molar-refractivity contribution < 1.29 is 4.42 Å². The van der Waals surface area contributed by atoms with Crippen LogP contribution in [0.15, 0.2) is 9.21 Å². The molecule has 0 radical (unpaired) electrons. The van der Waals surface area contributed by atoms with E-state index in [0.29, 0.717) is 17.3 Å². The SMILES string of the molecule is CCCc1oc(=O)c(I)nc1Cl. The van der Waals surface area contributed by atoms with Gasteiger partial charge in [0.2, 0.25) is 0 Å². The Morgan fingerprint density at radius 3 is 2.92 bits per heavy atom. The first-order valence-electron chi connectivity index (χ1n) is 3.50. The van der Waals surface area contributed by atoms with Crippen molar-refractivity contribution >= 4 is 34.2 Å². The Labute approximate surface area is 88.3 Å². The highest BCUT2D eigenvalue weighted by molar-refractivity contribution is 14.1. The summed E-state index contributed by atoms with van der Waals surface area (Å²) < 4.78 is 5.20. The lowest BCUT2D eigenvalue weighted by Crippen LogP contribution is -2.08. The van der Waals surface area contributed by atoms with Crippen LogP contribution in [0.4, 0.5) is 0 Å². The Kier molecular flexibility index (Phi) is 3.52. The van der Waals surface area contributed by atoms with E-state index in [4.69, 9.17) is 16.0 Å². The van der Waals surface area contributed by atoms with Crippen molar-refractivity contribution in [3.8, 4) is 0 Å². The average Bonchev–Trinajstić information content (AvgIpc) is 2.01. The average molecular weight is 299 g/mol. The van der Waals surface area contributed by atoms with E-state index in [0.717, 1.165) is 6.42 Å². The number of hydrogen-bond donors (Lipinski definition) is 0. The van der Waals surface area contributed by atoms with Gasteiger partial charge in [0.05, 0.1) is 0 Å². The Bertz CT molecular complexity index is 337. The predicted molar refractivity (Wildman–Crippen MR) is 54.5 cm³/mol. The van der Waals surface area contributed by atoms with Crippen molar-refractivity contribution in [1.82, 2.24) is 4.98 Å². The second-order valence-corrected chi connectivity index (χ2v) is 3.64. The van der Waals surface area contributed by atoms with Gasteiger partial charge in [0.25, 0.3) is 0 Å². The molecule has 1 rings (SSSR count). The molecule has 0 aliphatic rings. The zero-order valence-electron chi connectivity index (χ0n) is 6.43. The van der Waals surface area contributed by atoms with Crippen LogP contribution in [0.3, 0.4) is 0 Å². The minimum absolute atomic E-state index is 0.275. The van der Waals surface area contributed by atoms with E-state index < -0.39 is 5.63 Å². The normalized spacial score (nSPS) is 10.2. The van der Waals surface area contributed by atoms with Gasteiger partial charge in [0.15, 0.2) is 8.85 Å². The Morgan fingerprint density at radius 2 is 2.33 bits per heavy atom. The summed E-state index contributed by atoms with van der Waals surface area (Å²) in [5.41, 5.74) is -0.413. The molecule has 5 heteroatoms. The standard InChI is InChI=1S/C7H7ClINO2/c1-2-3-4-5(8)10-6(9)7(11)12-4/h2-3H2,1H3. The molecule has 0 saturated carbocycles. The van der Waals surface area contributed by atoms with Crippen LogP contribution in [0, 0.1) is 3.70 Å². The van der Waals surface area contributed by atoms with E-state index in [1.54, 1.807) is 22.6 Å². The molecule has 1 heterocycles. The van der Waals surface area contributed by atoms with Crippen molar-refractivity contribution in [2.75, 3.05) is 0 Å². The van der Waals surface area contributed by atoms with E-state index in [-0.39, 0.29) is 3.70 Å². The molecular weight excluding hydrogens is 292 g/mol. The fourth-order valence-electron chi connectivity index (χ4n) is 0.772. The van der Waals surface area contributed by atoms with Gasteiger partial charge in [-0.15, -0.1) is 0 Å². The Hall–Kier alpha value is -0.100. The fraction of sp³-hybridized carbons (Fsp3) is 0.429. The smallest absolute Gasteiger partial charge is 0.368 e. The molecule has 1 aromatic rings. The number of rotatable bonds is 2. The Morgan fingerprint density at radius 1 is 1.67 bits per heavy atom. The highest BCUT2D eigenvalue weighted by atomic mass is 127. The minimum Gasteiger partial charge on any atom is -0.423 e. The van der Waals surface area contributed by atoms with Crippen molar-refractivity contribution in [1.29, 1.82) is 0 Å². The van der Waals surface area contributed by atoms with Crippen LogP contribution in [-0.2, 0) is 6.42 Å². The first-order valence-corrected chi connectivity index (χ1v) is 4.95. The molecule has 0 fully saturated rings. The molecular formula is C7H7ClINO2. The number of nitrogens with zero attached hydrogens (tertiary/aromatic N) is 1. The van der Waals surface area contributed by atoms with E-state index in [9.17, 15) is 4.79 Å². The molecule has 0 aromatic carbocycles. The summed E-state index contributed by atoms with van der Waals surface area (Å²) in [5.74, 6) is 0.476. The van der Waals surface area contributed by atoms with Gasteiger partial charge in [0, 0.05) is 6.42 Å². The van der Waals surface area contributed by atoms with Crippen molar-refractivity contribution in [2.24, 2.45) is 0 Å². The van der Waals surface area contributed by atoms with Gasteiger partial charge in [-0.1, -0.05) is 18.5 Å². The molecule has 0 bridgehead atoms. The molecule has 3 nitrogen and oxygen atoms in total. The maximum Gasteiger partial charge on any atom is 0.368 e. The summed E-state index contributed by atoms with van der Waals surface area (Å²) in [6.45, 7) is 1.98. The lowest BCUT2D eigenvalue weighted by Gasteiger charge is -1.98. The molecule has 0 aliphatic heterocycles. The van der Waals surface area contributed by atoms with Gasteiger partial charge < -0.3 is 4.42 Å². The molecule has 1 aromatic heterocycles. The summed E-state index contributed by atoms with van der Waals surface area (Å²) >= 11 is 7.52. The van der Waals surface area contributed by atoms with E-state index in [1.807, 2.05) is 6.92 Å². The molecule has 0 amide bonds. The van der Waals surface area contributed by atoms with Crippen LogP contribution in [0.2, 0.25) is 5.15 Å². The Balaban J connectivity index is 3.14. The van der Waals surface area contributed by atoms with E-state index in [1.165, 1.54) is 0 Å². The number of halogens is 2. The van der Waals surface area contributed by atoms with Crippen LogP contribution in [0.1, 0.15) is 19.1 Å². The third kappa shape index (κ3) is 2.20. The second-order valence-electron chi connectivity index (χ2n) is 2.26. The zero-order chi connectivity index (χ0) is 9.14. The molecule has 0 N–H and O–H groups in total. The van der Waals surface area contributed by atoms with Gasteiger partial charge >= 0.3 is 5.63 Å². The van der Waals surface area contributed by atoms with Gasteiger partial charge in [-0.25, -0.2) is 9.78 Å². The second kappa shape index (κ2) is 4.23. The molecule has 0 spiro atoms. The largest absolute Gasteiger partial charge is 0.423 e. The predicted octanol–water partition coefficient (Wildman–Crippen LogP) is 2.25. The molecule has 0 atom stereocenters. The molecule has 0 aliphatic carbocycles. The fourth-order valence-corrected chi connectivity index (χ4v) is 1.48. The monoisotopic (exact) mass is 299 g/mol. The highest BCUT2D eigenvalue weighted by Gasteiger charge is 2.07. The van der Waals surface area contributed by atoms with Gasteiger partial charge in [0.1, 0.15) is 5.76 Å². The van der Waals surface area contributed by atoms with Crippen molar-refractivity contribution in [3.63, 3.8) is 0 Å². The summed E-state index contributed by atoms with van der Waals surface area (Å²) in [4.78, 5) is 14.8. The van der Waals surface area contributed by atoms with Crippen molar-refractivity contribution in [3.05, 3.63) is 25.0 Å². The quantitative estimate of drug-likeness (QED) is 0.787. The molecule has 12 heavy (non-hydrogen) atoms. The van der Waals surface area contributed by atoms with Gasteiger partial charge in [-0.3, -0.25) is 0 Å². The van der Waals surface area contributed by atoms with Crippen LogP contribution in [-0.4, -0.2) is 4.98 Å². The van der Waals surface area contributed by atoms with Crippen LogP contribution >= 0.6 is 34.2 Å². The summed E-state index contributed by atoms with van der Waals surface area (Å²) in [6.07, 6.45) is 1.53. The van der Waals surface area contributed by atoms with E-state index in [2.05, 4.69) is 4.98 Å². The van der Waals surface area contributed by atoms with Crippen LogP contribution in [0.5, 0.6) is 0 Å². The number of hydrogen-bond acceptors (Lipinski definition) is 3. The summed E-state index contributed by atoms with van der Waals surface area (Å²) in [7, 11) is 0. The van der Waals surface area contributed by atoms with Gasteiger partial charge in [-0.2, -0.15) is 0 Å². The zero-order valence-corrected chi connectivity index (χ0v) is 9.35. The number of aryl methyl sites for hydroxylation is 1. The maximum absolute atomic E-state index is 11.0. The lowest BCUT2D eigenvalue weighted by molar-refractivity contribution is 0.444. The van der Waals surface area contributed by atoms with Gasteiger partial charge in [-0.05, 0) is 29.0 Å².